The number of alkyl halides is 1. The maximum Gasteiger partial charge on any atom is 0.123 e. The second kappa shape index (κ2) is 7.98. The van der Waals surface area contributed by atoms with E-state index in [2.05, 4.69) is 20.8 Å². The van der Waals surface area contributed by atoms with E-state index < -0.39 is 5.67 Å². The average Bonchev–Trinajstić information content (AvgIpc) is 2.56. The van der Waals surface area contributed by atoms with E-state index in [0.717, 1.165) is 68.4 Å². The van der Waals surface area contributed by atoms with E-state index in [0.29, 0.717) is 12.5 Å². The van der Waals surface area contributed by atoms with Gasteiger partial charge in [-0.05, 0) is 69.0 Å². The highest BCUT2D eigenvalue weighted by Crippen LogP contribution is 2.33. The highest BCUT2D eigenvalue weighted by Gasteiger charge is 2.34. The van der Waals surface area contributed by atoms with Crippen LogP contribution in [-0.2, 0) is 0 Å². The molecule has 1 aliphatic carbocycles. The lowest BCUT2D eigenvalue weighted by Gasteiger charge is -2.38. The van der Waals surface area contributed by atoms with Gasteiger partial charge in [0.25, 0.3) is 0 Å². The zero-order chi connectivity index (χ0) is 16.1. The van der Waals surface area contributed by atoms with Gasteiger partial charge in [-0.25, -0.2) is 4.39 Å². The van der Waals surface area contributed by atoms with Crippen LogP contribution < -0.4 is 4.74 Å². The van der Waals surface area contributed by atoms with Crippen LogP contribution in [0.3, 0.4) is 0 Å². The number of benzene rings is 1. The number of hydrogen-bond acceptors (Lipinski definition) is 2. The summed E-state index contributed by atoms with van der Waals surface area (Å²) in [4.78, 5) is 2.33. The second-order valence-corrected chi connectivity index (χ2v) is 8.11. The molecule has 3 rings (SSSR count). The molecule has 2 aliphatic rings. The van der Waals surface area contributed by atoms with Gasteiger partial charge in [-0.3, -0.25) is 0 Å². The van der Waals surface area contributed by atoms with Crippen molar-refractivity contribution in [2.45, 2.75) is 50.6 Å². The summed E-state index contributed by atoms with van der Waals surface area (Å²) in [5, 5.41) is 0. The van der Waals surface area contributed by atoms with E-state index in [4.69, 9.17) is 4.74 Å². The van der Waals surface area contributed by atoms with E-state index in [-0.39, 0.29) is 0 Å². The number of nitrogens with zero attached hydrogens (tertiary/aromatic N) is 1. The minimum atomic E-state index is -0.918. The molecule has 1 heterocycles. The van der Waals surface area contributed by atoms with E-state index in [1.165, 1.54) is 6.42 Å². The van der Waals surface area contributed by atoms with Crippen molar-refractivity contribution in [3.8, 4) is 5.75 Å². The van der Waals surface area contributed by atoms with Gasteiger partial charge in [0.15, 0.2) is 0 Å². The molecular weight excluding hydrogens is 357 g/mol. The van der Waals surface area contributed by atoms with Crippen molar-refractivity contribution in [2.75, 3.05) is 26.2 Å². The topological polar surface area (TPSA) is 12.5 Å². The van der Waals surface area contributed by atoms with Crippen LogP contribution in [0.15, 0.2) is 28.7 Å². The maximum atomic E-state index is 14.8. The SMILES string of the molecule is FC1(CN2CCC(COc3ccc(Br)cc3)CC2)CCCCC1. The van der Waals surface area contributed by atoms with Crippen molar-refractivity contribution in [1.82, 2.24) is 4.90 Å². The number of halogens is 2. The Morgan fingerprint density at radius 1 is 1.09 bits per heavy atom. The summed E-state index contributed by atoms with van der Waals surface area (Å²) < 4.78 is 21.7. The molecule has 0 unspecified atom stereocenters. The van der Waals surface area contributed by atoms with Crippen LogP contribution in [0.4, 0.5) is 4.39 Å². The number of rotatable bonds is 5. The molecule has 0 amide bonds. The molecule has 0 radical (unpaired) electrons. The fourth-order valence-corrected chi connectivity index (χ4v) is 4.06. The van der Waals surface area contributed by atoms with E-state index in [1.807, 2.05) is 24.3 Å². The van der Waals surface area contributed by atoms with Crippen LogP contribution in [0.1, 0.15) is 44.9 Å². The van der Waals surface area contributed by atoms with Crippen molar-refractivity contribution >= 4 is 15.9 Å². The second-order valence-electron chi connectivity index (χ2n) is 7.20. The van der Waals surface area contributed by atoms with Crippen LogP contribution in [0.25, 0.3) is 0 Å². The molecule has 0 bridgehead atoms. The molecular formula is C19H27BrFNO. The van der Waals surface area contributed by atoms with Crippen molar-refractivity contribution in [1.29, 1.82) is 0 Å². The van der Waals surface area contributed by atoms with Crippen molar-refractivity contribution < 1.29 is 9.13 Å². The summed E-state index contributed by atoms with van der Waals surface area (Å²) in [6, 6.07) is 8.00. The molecule has 0 atom stereocenters. The van der Waals surface area contributed by atoms with Gasteiger partial charge in [0.2, 0.25) is 0 Å². The van der Waals surface area contributed by atoms with Gasteiger partial charge in [0.05, 0.1) is 6.61 Å². The van der Waals surface area contributed by atoms with E-state index in [9.17, 15) is 4.39 Å². The molecule has 23 heavy (non-hydrogen) atoms. The first-order chi connectivity index (χ1) is 11.1. The zero-order valence-electron chi connectivity index (χ0n) is 13.8. The molecule has 0 spiro atoms. The Morgan fingerprint density at radius 3 is 2.39 bits per heavy atom. The van der Waals surface area contributed by atoms with Crippen molar-refractivity contribution in [3.63, 3.8) is 0 Å². The third-order valence-electron chi connectivity index (χ3n) is 5.26. The van der Waals surface area contributed by atoms with Gasteiger partial charge < -0.3 is 9.64 Å². The third kappa shape index (κ3) is 5.18. The Kier molecular flexibility index (Phi) is 5.97. The number of hydrogen-bond donors (Lipinski definition) is 0. The highest BCUT2D eigenvalue weighted by atomic mass is 79.9. The first-order valence-electron chi connectivity index (χ1n) is 8.93. The van der Waals surface area contributed by atoms with Crippen molar-refractivity contribution in [2.24, 2.45) is 5.92 Å². The van der Waals surface area contributed by atoms with Gasteiger partial charge in [-0.15, -0.1) is 0 Å². The minimum absolute atomic E-state index is 0.594. The Hall–Kier alpha value is -0.610. The maximum absolute atomic E-state index is 14.8. The molecule has 0 aromatic heterocycles. The highest BCUT2D eigenvalue weighted by molar-refractivity contribution is 9.10. The Bertz CT molecular complexity index is 479. The normalized spacial score (nSPS) is 22.9. The van der Waals surface area contributed by atoms with Crippen LogP contribution >= 0.6 is 15.9 Å². The third-order valence-corrected chi connectivity index (χ3v) is 5.79. The standard InChI is InChI=1S/C19H27BrFNO/c20-17-4-6-18(7-5-17)23-14-16-8-12-22(13-9-16)15-19(21)10-2-1-3-11-19/h4-7,16H,1-3,8-15H2. The molecule has 1 saturated heterocycles. The zero-order valence-corrected chi connectivity index (χ0v) is 15.4. The summed E-state index contributed by atoms with van der Waals surface area (Å²) in [6.07, 6.45) is 7.10. The lowest BCUT2D eigenvalue weighted by molar-refractivity contribution is 0.0363. The number of likely N-dealkylation sites (tertiary alicyclic amines) is 1. The van der Waals surface area contributed by atoms with Crippen LogP contribution in [0.2, 0.25) is 0 Å². The summed E-state index contributed by atoms with van der Waals surface area (Å²) in [6.45, 7) is 3.45. The molecule has 1 saturated carbocycles. The largest absolute Gasteiger partial charge is 0.493 e. The van der Waals surface area contributed by atoms with Gasteiger partial charge in [0, 0.05) is 11.0 Å². The van der Waals surface area contributed by atoms with Crippen molar-refractivity contribution in [3.05, 3.63) is 28.7 Å². The van der Waals surface area contributed by atoms with Gasteiger partial charge >= 0.3 is 0 Å². The van der Waals surface area contributed by atoms with Crippen LogP contribution in [0, 0.1) is 5.92 Å². The first kappa shape index (κ1) is 17.2. The first-order valence-corrected chi connectivity index (χ1v) is 9.72. The summed E-state index contributed by atoms with van der Waals surface area (Å²) in [5.41, 5.74) is -0.918. The molecule has 1 aromatic carbocycles. The fraction of sp³-hybridized carbons (Fsp3) is 0.684. The van der Waals surface area contributed by atoms with E-state index >= 15 is 0 Å². The Morgan fingerprint density at radius 2 is 1.74 bits per heavy atom. The van der Waals surface area contributed by atoms with E-state index in [1.54, 1.807) is 0 Å². The predicted molar refractivity (Wildman–Crippen MR) is 95.7 cm³/mol. The molecule has 4 heteroatoms. The molecule has 0 N–H and O–H groups in total. The van der Waals surface area contributed by atoms with Crippen LogP contribution in [0.5, 0.6) is 5.75 Å². The lowest BCUT2D eigenvalue weighted by atomic mass is 9.85. The van der Waals surface area contributed by atoms with Gasteiger partial charge in [-0.1, -0.05) is 35.2 Å². The fourth-order valence-electron chi connectivity index (χ4n) is 3.80. The average molecular weight is 384 g/mol. The molecule has 2 nitrogen and oxygen atoms in total. The summed E-state index contributed by atoms with van der Waals surface area (Å²) >= 11 is 3.43. The molecule has 1 aromatic rings. The number of piperidine rings is 1. The Labute approximate surface area is 147 Å². The molecule has 1 aliphatic heterocycles. The molecule has 2 fully saturated rings. The van der Waals surface area contributed by atoms with Gasteiger partial charge in [0.1, 0.15) is 11.4 Å². The Balaban J connectivity index is 1.39. The summed E-state index contributed by atoms with van der Waals surface area (Å²) in [5.74, 6) is 1.53. The number of ether oxygens (including phenoxy) is 1. The summed E-state index contributed by atoms with van der Waals surface area (Å²) in [7, 11) is 0. The monoisotopic (exact) mass is 383 g/mol. The molecule has 128 valence electrons. The van der Waals surface area contributed by atoms with Gasteiger partial charge in [-0.2, -0.15) is 0 Å². The predicted octanol–water partition coefficient (Wildman–Crippen LogP) is 5.21. The quantitative estimate of drug-likeness (QED) is 0.691. The smallest absolute Gasteiger partial charge is 0.123 e. The minimum Gasteiger partial charge on any atom is -0.493 e. The van der Waals surface area contributed by atoms with Crippen LogP contribution in [-0.4, -0.2) is 36.8 Å². The lowest BCUT2D eigenvalue weighted by Crippen LogP contribution is -2.45.